The van der Waals surface area contributed by atoms with Crippen molar-refractivity contribution in [3.63, 3.8) is 0 Å². The summed E-state index contributed by atoms with van der Waals surface area (Å²) in [5.41, 5.74) is 3.03. The van der Waals surface area contributed by atoms with Gasteiger partial charge in [0.05, 0.1) is 0 Å². The molecule has 0 bridgehead atoms. The molecule has 1 aliphatic rings. The molecule has 1 aromatic carbocycles. The zero-order chi connectivity index (χ0) is 9.42. The van der Waals surface area contributed by atoms with Gasteiger partial charge in [0.15, 0.2) is 0 Å². The summed E-state index contributed by atoms with van der Waals surface area (Å²) in [6.45, 7) is 5.70. The van der Waals surface area contributed by atoms with Gasteiger partial charge in [0.1, 0.15) is 0 Å². The fourth-order valence-electron chi connectivity index (χ4n) is 2.44. The van der Waals surface area contributed by atoms with Crippen LogP contribution in [-0.2, 0) is 6.54 Å². The fraction of sp³-hybridized carbons (Fsp3) is 0.500. The molecular weight excluding hydrogens is 158 g/mol. The van der Waals surface area contributed by atoms with Crippen molar-refractivity contribution in [2.75, 3.05) is 7.05 Å². The summed E-state index contributed by atoms with van der Waals surface area (Å²) in [7, 11) is 2.21. The van der Waals surface area contributed by atoms with Crippen LogP contribution in [0.5, 0.6) is 0 Å². The van der Waals surface area contributed by atoms with Crippen LogP contribution in [0.4, 0.5) is 0 Å². The Hall–Kier alpha value is -0.820. The van der Waals surface area contributed by atoms with E-state index in [1.165, 1.54) is 11.1 Å². The van der Waals surface area contributed by atoms with Crippen LogP contribution in [0.2, 0.25) is 0 Å². The molecule has 0 N–H and O–H groups in total. The van der Waals surface area contributed by atoms with Crippen molar-refractivity contribution in [3.05, 3.63) is 35.4 Å². The van der Waals surface area contributed by atoms with Gasteiger partial charge in [-0.2, -0.15) is 0 Å². The molecule has 13 heavy (non-hydrogen) atoms. The van der Waals surface area contributed by atoms with E-state index >= 15 is 0 Å². The molecule has 0 saturated carbocycles. The second-order valence-electron chi connectivity index (χ2n) is 4.30. The molecule has 2 rings (SSSR count). The Bertz CT molecular complexity index is 304. The second-order valence-corrected chi connectivity index (χ2v) is 4.30. The maximum Gasteiger partial charge on any atom is 0.0374 e. The molecular formula is C12H17N. The fourth-order valence-corrected chi connectivity index (χ4v) is 2.44. The minimum absolute atomic E-state index is 0.621. The summed E-state index contributed by atoms with van der Waals surface area (Å²) in [5, 5.41) is 0. The monoisotopic (exact) mass is 175 g/mol. The third kappa shape index (κ3) is 1.37. The number of benzene rings is 1. The highest BCUT2D eigenvalue weighted by Crippen LogP contribution is 2.36. The van der Waals surface area contributed by atoms with Gasteiger partial charge in [-0.1, -0.05) is 38.1 Å². The first-order valence-electron chi connectivity index (χ1n) is 4.98. The minimum Gasteiger partial charge on any atom is -0.295 e. The van der Waals surface area contributed by atoms with E-state index in [0.717, 1.165) is 6.54 Å². The molecule has 0 aliphatic carbocycles. The molecule has 1 heterocycles. The summed E-state index contributed by atoms with van der Waals surface area (Å²) in [6.07, 6.45) is 0. The average molecular weight is 175 g/mol. The predicted octanol–water partition coefficient (Wildman–Crippen LogP) is 2.83. The highest BCUT2D eigenvalue weighted by molar-refractivity contribution is 5.34. The molecule has 0 saturated heterocycles. The normalized spacial score (nSPS) is 22.3. The summed E-state index contributed by atoms with van der Waals surface area (Å²) in [5.74, 6) is 0.702. The van der Waals surface area contributed by atoms with Crippen molar-refractivity contribution in [2.45, 2.75) is 26.4 Å². The molecule has 0 radical (unpaired) electrons. The molecule has 0 fully saturated rings. The molecule has 1 aromatic rings. The lowest BCUT2D eigenvalue weighted by Crippen LogP contribution is -2.20. The first kappa shape index (κ1) is 8.76. The van der Waals surface area contributed by atoms with Crippen molar-refractivity contribution in [3.8, 4) is 0 Å². The van der Waals surface area contributed by atoms with E-state index in [2.05, 4.69) is 50.1 Å². The molecule has 1 unspecified atom stereocenters. The standard InChI is InChI=1S/C12H17N/c1-9(2)12-11-7-5-4-6-10(11)8-13(12)3/h4-7,9,12H,8H2,1-3H3. The zero-order valence-electron chi connectivity index (χ0n) is 8.62. The quantitative estimate of drug-likeness (QED) is 0.634. The van der Waals surface area contributed by atoms with E-state index in [0.29, 0.717) is 12.0 Å². The average Bonchev–Trinajstić information content (AvgIpc) is 2.39. The Labute approximate surface area is 80.4 Å². The van der Waals surface area contributed by atoms with Gasteiger partial charge in [0.2, 0.25) is 0 Å². The zero-order valence-corrected chi connectivity index (χ0v) is 8.62. The van der Waals surface area contributed by atoms with Crippen LogP contribution in [-0.4, -0.2) is 11.9 Å². The van der Waals surface area contributed by atoms with Gasteiger partial charge >= 0.3 is 0 Å². The van der Waals surface area contributed by atoms with Gasteiger partial charge in [0.25, 0.3) is 0 Å². The summed E-state index contributed by atoms with van der Waals surface area (Å²) in [4.78, 5) is 2.44. The van der Waals surface area contributed by atoms with Crippen molar-refractivity contribution < 1.29 is 0 Å². The van der Waals surface area contributed by atoms with Crippen molar-refractivity contribution in [2.24, 2.45) is 5.92 Å². The Morgan fingerprint density at radius 1 is 1.31 bits per heavy atom. The minimum atomic E-state index is 0.621. The van der Waals surface area contributed by atoms with E-state index in [-0.39, 0.29) is 0 Å². The maximum absolute atomic E-state index is 2.44. The number of hydrogen-bond acceptors (Lipinski definition) is 1. The Balaban J connectivity index is 2.40. The molecule has 70 valence electrons. The van der Waals surface area contributed by atoms with Gasteiger partial charge in [-0.25, -0.2) is 0 Å². The Morgan fingerprint density at radius 3 is 2.69 bits per heavy atom. The van der Waals surface area contributed by atoms with Crippen LogP contribution in [0.1, 0.15) is 31.0 Å². The van der Waals surface area contributed by atoms with Crippen LogP contribution >= 0.6 is 0 Å². The SMILES string of the molecule is CC(C)C1c2ccccc2CN1C. The second kappa shape index (κ2) is 3.15. The predicted molar refractivity (Wildman–Crippen MR) is 55.5 cm³/mol. The molecule has 0 spiro atoms. The third-order valence-corrected chi connectivity index (χ3v) is 2.90. The number of nitrogens with zero attached hydrogens (tertiary/aromatic N) is 1. The Kier molecular flexibility index (Phi) is 2.12. The summed E-state index contributed by atoms with van der Waals surface area (Å²) >= 11 is 0. The highest BCUT2D eigenvalue weighted by atomic mass is 15.1. The smallest absolute Gasteiger partial charge is 0.0374 e. The lowest BCUT2D eigenvalue weighted by Gasteiger charge is -2.23. The third-order valence-electron chi connectivity index (χ3n) is 2.90. The van der Waals surface area contributed by atoms with Gasteiger partial charge in [-0.15, -0.1) is 0 Å². The van der Waals surface area contributed by atoms with Crippen LogP contribution in [0.3, 0.4) is 0 Å². The molecule has 0 aromatic heterocycles. The Morgan fingerprint density at radius 2 is 2.00 bits per heavy atom. The van der Waals surface area contributed by atoms with Crippen molar-refractivity contribution >= 4 is 0 Å². The van der Waals surface area contributed by atoms with Crippen LogP contribution in [0.15, 0.2) is 24.3 Å². The van der Waals surface area contributed by atoms with Gasteiger partial charge in [-0.3, -0.25) is 4.90 Å². The maximum atomic E-state index is 2.44. The highest BCUT2D eigenvalue weighted by Gasteiger charge is 2.28. The van der Waals surface area contributed by atoms with E-state index < -0.39 is 0 Å². The van der Waals surface area contributed by atoms with Gasteiger partial charge in [0, 0.05) is 12.6 Å². The van der Waals surface area contributed by atoms with Crippen molar-refractivity contribution in [1.82, 2.24) is 4.90 Å². The number of fused-ring (bicyclic) bond motifs is 1. The van der Waals surface area contributed by atoms with Crippen LogP contribution in [0, 0.1) is 5.92 Å². The van der Waals surface area contributed by atoms with Crippen LogP contribution in [0.25, 0.3) is 0 Å². The number of hydrogen-bond donors (Lipinski definition) is 0. The van der Waals surface area contributed by atoms with Crippen molar-refractivity contribution in [1.29, 1.82) is 0 Å². The van der Waals surface area contributed by atoms with E-state index in [1.54, 1.807) is 0 Å². The molecule has 1 nitrogen and oxygen atoms in total. The molecule has 1 heteroatoms. The molecule has 1 atom stereocenters. The largest absolute Gasteiger partial charge is 0.295 e. The lowest BCUT2D eigenvalue weighted by molar-refractivity contribution is 0.214. The summed E-state index contributed by atoms with van der Waals surface area (Å²) in [6, 6.07) is 9.41. The number of rotatable bonds is 1. The molecule has 1 aliphatic heterocycles. The first-order valence-corrected chi connectivity index (χ1v) is 4.98. The van der Waals surface area contributed by atoms with E-state index in [9.17, 15) is 0 Å². The molecule has 0 amide bonds. The topological polar surface area (TPSA) is 3.24 Å². The van der Waals surface area contributed by atoms with E-state index in [4.69, 9.17) is 0 Å². The van der Waals surface area contributed by atoms with Gasteiger partial charge < -0.3 is 0 Å². The summed E-state index contributed by atoms with van der Waals surface area (Å²) < 4.78 is 0. The lowest BCUT2D eigenvalue weighted by atomic mass is 9.96. The van der Waals surface area contributed by atoms with Gasteiger partial charge in [-0.05, 0) is 24.1 Å². The van der Waals surface area contributed by atoms with Crippen LogP contribution < -0.4 is 0 Å². The first-order chi connectivity index (χ1) is 6.20. The van der Waals surface area contributed by atoms with E-state index in [1.807, 2.05) is 0 Å².